The number of aromatic nitrogens is 2. The molecular weight excluding hydrogens is 377 g/mol. The molecule has 0 bridgehead atoms. The lowest BCUT2D eigenvalue weighted by Gasteiger charge is -2.13. The predicted octanol–water partition coefficient (Wildman–Crippen LogP) is 3.97. The van der Waals surface area contributed by atoms with E-state index >= 15 is 0 Å². The summed E-state index contributed by atoms with van der Waals surface area (Å²) in [4.78, 5) is 11.5. The van der Waals surface area contributed by atoms with Crippen LogP contribution in [0.2, 0.25) is 0 Å². The van der Waals surface area contributed by atoms with Crippen molar-refractivity contribution in [1.82, 2.24) is 15.1 Å². The van der Waals surface area contributed by atoms with Crippen LogP contribution in [0, 0.1) is 5.82 Å². The van der Waals surface area contributed by atoms with E-state index in [-0.39, 0.29) is 5.82 Å². The van der Waals surface area contributed by atoms with Crippen LogP contribution in [0.25, 0.3) is 16.9 Å². The molecule has 2 N–H and O–H groups in total. The molecule has 1 heterocycles. The quantitative estimate of drug-likeness (QED) is 0.570. The molecule has 5 nitrogen and oxygen atoms in total. The maximum Gasteiger partial charge on any atom is 0.320 e. The number of nitrogens with zero attached hydrogens (tertiary/aromatic N) is 2. The lowest BCUT2D eigenvalue weighted by molar-refractivity contribution is -0.139. The van der Waals surface area contributed by atoms with Gasteiger partial charge in [0.2, 0.25) is 0 Å². The number of carboxylic acid groups (broad SMARTS) is 1. The van der Waals surface area contributed by atoms with Gasteiger partial charge in [-0.1, -0.05) is 18.2 Å². The summed E-state index contributed by atoms with van der Waals surface area (Å²) in [5.74, 6) is -0.417. The van der Waals surface area contributed by atoms with E-state index in [1.165, 1.54) is 12.1 Å². The number of rotatable bonds is 9. The Morgan fingerprint density at radius 3 is 2.57 bits per heavy atom. The second kappa shape index (κ2) is 9.52. The number of hydrogen-bond acceptors (Lipinski definition) is 4. The molecule has 1 unspecified atom stereocenters. The van der Waals surface area contributed by atoms with Crippen LogP contribution >= 0.6 is 11.8 Å². The van der Waals surface area contributed by atoms with Crippen LogP contribution in [-0.4, -0.2) is 38.9 Å². The van der Waals surface area contributed by atoms with Crippen molar-refractivity contribution < 1.29 is 14.3 Å². The molecule has 3 rings (SSSR count). The highest BCUT2D eigenvalue weighted by Gasteiger charge is 2.19. The predicted molar refractivity (Wildman–Crippen MR) is 110 cm³/mol. The van der Waals surface area contributed by atoms with Gasteiger partial charge >= 0.3 is 5.97 Å². The van der Waals surface area contributed by atoms with E-state index in [1.54, 1.807) is 28.6 Å². The second-order valence-electron chi connectivity index (χ2n) is 6.34. The van der Waals surface area contributed by atoms with Gasteiger partial charge < -0.3 is 10.4 Å². The van der Waals surface area contributed by atoms with Gasteiger partial charge in [-0.3, -0.25) is 4.79 Å². The normalized spacial score (nSPS) is 12.1. The van der Waals surface area contributed by atoms with E-state index in [9.17, 15) is 14.3 Å². The van der Waals surface area contributed by atoms with Crippen LogP contribution in [0.15, 0.2) is 60.8 Å². The van der Waals surface area contributed by atoms with Crippen molar-refractivity contribution in [2.45, 2.75) is 19.0 Å². The number of carbonyl (C=O) groups is 1. The molecule has 7 heteroatoms. The van der Waals surface area contributed by atoms with Crippen LogP contribution in [0.4, 0.5) is 4.39 Å². The Morgan fingerprint density at radius 2 is 1.93 bits per heavy atom. The van der Waals surface area contributed by atoms with Gasteiger partial charge in [0, 0.05) is 23.9 Å². The lowest BCUT2D eigenvalue weighted by Crippen LogP contribution is -2.36. The van der Waals surface area contributed by atoms with Crippen molar-refractivity contribution in [2.75, 3.05) is 12.0 Å². The van der Waals surface area contributed by atoms with Gasteiger partial charge in [0.05, 0.1) is 11.4 Å². The fourth-order valence-corrected chi connectivity index (χ4v) is 3.36. The number of nitrogens with one attached hydrogen (secondary N) is 1. The molecule has 0 fully saturated rings. The Labute approximate surface area is 167 Å². The van der Waals surface area contributed by atoms with E-state index in [2.05, 4.69) is 10.4 Å². The molecule has 3 aromatic rings. The molecule has 1 atom stereocenters. The van der Waals surface area contributed by atoms with Gasteiger partial charge in [0.25, 0.3) is 0 Å². The smallest absolute Gasteiger partial charge is 0.320 e. The highest BCUT2D eigenvalue weighted by Crippen LogP contribution is 2.24. The van der Waals surface area contributed by atoms with Crippen molar-refractivity contribution in [3.05, 3.63) is 72.2 Å². The highest BCUT2D eigenvalue weighted by atomic mass is 32.2. The van der Waals surface area contributed by atoms with Gasteiger partial charge in [-0.25, -0.2) is 9.07 Å². The molecule has 146 valence electrons. The van der Waals surface area contributed by atoms with E-state index < -0.39 is 12.0 Å². The summed E-state index contributed by atoms with van der Waals surface area (Å²) >= 11 is 1.62. The number of aliphatic carboxylic acids is 1. The van der Waals surface area contributed by atoms with Gasteiger partial charge in [-0.05, 0) is 54.8 Å². The number of para-hydroxylation sites is 1. The van der Waals surface area contributed by atoms with E-state index in [0.29, 0.717) is 18.7 Å². The average molecular weight is 399 g/mol. The number of benzene rings is 2. The zero-order valence-corrected chi connectivity index (χ0v) is 16.3. The Kier molecular flexibility index (Phi) is 6.84. The van der Waals surface area contributed by atoms with Gasteiger partial charge in [0.15, 0.2) is 0 Å². The summed E-state index contributed by atoms with van der Waals surface area (Å²) in [6, 6.07) is 15.2. The van der Waals surface area contributed by atoms with Crippen molar-refractivity contribution in [1.29, 1.82) is 0 Å². The maximum absolute atomic E-state index is 13.3. The van der Waals surface area contributed by atoms with Crippen LogP contribution in [-0.2, 0) is 11.3 Å². The largest absolute Gasteiger partial charge is 0.480 e. The highest BCUT2D eigenvalue weighted by molar-refractivity contribution is 7.98. The molecule has 0 spiro atoms. The van der Waals surface area contributed by atoms with E-state index in [1.807, 2.05) is 42.8 Å². The summed E-state index contributed by atoms with van der Waals surface area (Å²) in [5, 5.41) is 17.2. The minimum atomic E-state index is -0.868. The van der Waals surface area contributed by atoms with E-state index in [4.69, 9.17) is 0 Å². The zero-order chi connectivity index (χ0) is 19.9. The first-order chi connectivity index (χ1) is 13.6. The number of halogens is 1. The molecular formula is C21H22FN3O2S. The molecule has 0 aliphatic rings. The summed E-state index contributed by atoms with van der Waals surface area (Å²) in [5.41, 5.74) is 3.23. The summed E-state index contributed by atoms with van der Waals surface area (Å²) in [6.45, 7) is 0.352. The molecule has 0 amide bonds. The number of thioether (sulfide) groups is 1. The van der Waals surface area contributed by atoms with Crippen LogP contribution < -0.4 is 5.32 Å². The standard InChI is InChI=1S/C21H22FN3O2S/c1-28-12-11-19(21(26)27)23-13-16-14-25(18-5-3-2-4-6-18)24-20(16)15-7-9-17(22)10-8-15/h2-10,14,19,23H,11-13H2,1H3,(H,26,27). The van der Waals surface area contributed by atoms with Crippen LogP contribution in [0.5, 0.6) is 0 Å². The number of carboxylic acids is 1. The second-order valence-corrected chi connectivity index (χ2v) is 7.33. The topological polar surface area (TPSA) is 67.2 Å². The molecule has 0 saturated heterocycles. The molecule has 28 heavy (non-hydrogen) atoms. The third kappa shape index (κ3) is 4.99. The first-order valence-electron chi connectivity index (χ1n) is 8.93. The SMILES string of the molecule is CSCCC(NCc1cn(-c2ccccc2)nc1-c1ccc(F)cc1)C(=O)O. The third-order valence-electron chi connectivity index (χ3n) is 4.38. The van der Waals surface area contributed by atoms with Gasteiger partial charge in [-0.15, -0.1) is 0 Å². The maximum atomic E-state index is 13.3. The molecule has 0 aliphatic carbocycles. The Balaban J connectivity index is 1.90. The first-order valence-corrected chi connectivity index (χ1v) is 10.3. The minimum Gasteiger partial charge on any atom is -0.480 e. The Bertz CT molecular complexity index is 913. The molecule has 2 aromatic carbocycles. The van der Waals surface area contributed by atoms with Crippen LogP contribution in [0.1, 0.15) is 12.0 Å². The van der Waals surface area contributed by atoms with Gasteiger partial charge in [-0.2, -0.15) is 16.9 Å². The average Bonchev–Trinajstić information content (AvgIpc) is 3.13. The summed E-state index contributed by atoms with van der Waals surface area (Å²) in [6.07, 6.45) is 4.37. The Morgan fingerprint density at radius 1 is 1.21 bits per heavy atom. The lowest BCUT2D eigenvalue weighted by atomic mass is 10.1. The third-order valence-corrected chi connectivity index (χ3v) is 5.02. The van der Waals surface area contributed by atoms with Crippen molar-refractivity contribution in [3.63, 3.8) is 0 Å². The van der Waals surface area contributed by atoms with E-state index in [0.717, 1.165) is 22.6 Å². The fourth-order valence-electron chi connectivity index (χ4n) is 2.88. The first kappa shape index (κ1) is 20.1. The van der Waals surface area contributed by atoms with Crippen molar-refractivity contribution >= 4 is 17.7 Å². The molecule has 0 saturated carbocycles. The Hall–Kier alpha value is -2.64. The molecule has 0 aliphatic heterocycles. The van der Waals surface area contributed by atoms with Crippen molar-refractivity contribution in [2.24, 2.45) is 0 Å². The summed E-state index contributed by atoms with van der Waals surface area (Å²) in [7, 11) is 0. The van der Waals surface area contributed by atoms with Gasteiger partial charge in [0.1, 0.15) is 11.9 Å². The van der Waals surface area contributed by atoms with Crippen LogP contribution in [0.3, 0.4) is 0 Å². The fraction of sp³-hybridized carbons (Fsp3) is 0.238. The minimum absolute atomic E-state index is 0.311. The van der Waals surface area contributed by atoms with Crippen molar-refractivity contribution in [3.8, 4) is 16.9 Å². The molecule has 1 aromatic heterocycles. The zero-order valence-electron chi connectivity index (χ0n) is 15.5. The summed E-state index contributed by atoms with van der Waals surface area (Å²) < 4.78 is 15.1. The molecule has 0 radical (unpaired) electrons. The monoisotopic (exact) mass is 399 g/mol. The number of hydrogen-bond donors (Lipinski definition) is 2.